The Hall–Kier alpha value is -1.91. The molecule has 1 atom stereocenters. The van der Waals surface area contributed by atoms with E-state index in [1.54, 1.807) is 0 Å². The van der Waals surface area contributed by atoms with Gasteiger partial charge in [0, 0.05) is 12.0 Å². The van der Waals surface area contributed by atoms with Crippen LogP contribution >= 0.6 is 0 Å². The van der Waals surface area contributed by atoms with Crippen molar-refractivity contribution in [2.24, 2.45) is 5.92 Å². The number of ether oxygens (including phenoxy) is 1. The van der Waals surface area contributed by atoms with Crippen molar-refractivity contribution >= 4 is 17.3 Å². The number of allylic oxidation sites excluding steroid dienone is 2. The molecule has 0 saturated carbocycles. The van der Waals surface area contributed by atoms with Crippen LogP contribution in [0.1, 0.15) is 13.8 Å². The molecule has 0 unspecified atom stereocenters. The van der Waals surface area contributed by atoms with Gasteiger partial charge in [0.2, 0.25) is 11.6 Å². The summed E-state index contributed by atoms with van der Waals surface area (Å²) < 4.78 is 4.72. The Labute approximate surface area is 92.4 Å². The van der Waals surface area contributed by atoms with Crippen LogP contribution in [-0.4, -0.2) is 29.6 Å². The summed E-state index contributed by atoms with van der Waals surface area (Å²) in [5.74, 6) is -3.31. The Bertz CT molecular complexity index is 428. The monoisotopic (exact) mass is 224 g/mol. The Balaban J connectivity index is 3.25. The van der Waals surface area contributed by atoms with Crippen molar-refractivity contribution < 1.29 is 24.2 Å². The van der Waals surface area contributed by atoms with E-state index in [0.29, 0.717) is 0 Å². The molecule has 5 heteroatoms. The third kappa shape index (κ3) is 1.88. The number of rotatable bonds is 3. The second kappa shape index (κ2) is 4.30. The van der Waals surface area contributed by atoms with Crippen molar-refractivity contribution in [3.8, 4) is 0 Å². The van der Waals surface area contributed by atoms with Crippen LogP contribution in [0.2, 0.25) is 0 Å². The number of carbonyl (C=O) groups excluding carboxylic acids is 3. The molecular formula is C11H12O5. The average molecular weight is 224 g/mol. The van der Waals surface area contributed by atoms with E-state index in [9.17, 15) is 19.5 Å². The van der Waals surface area contributed by atoms with Gasteiger partial charge < -0.3 is 9.84 Å². The average Bonchev–Trinajstić information content (AvgIpc) is 2.23. The van der Waals surface area contributed by atoms with Gasteiger partial charge in [-0.05, 0) is 6.92 Å². The molecule has 0 aliphatic heterocycles. The normalized spacial score (nSPS) is 18.3. The summed E-state index contributed by atoms with van der Waals surface area (Å²) in [6.45, 7) is 2.74. The predicted octanol–water partition coefficient (Wildman–Crippen LogP) is 0.706. The van der Waals surface area contributed by atoms with Crippen LogP contribution in [-0.2, 0) is 19.1 Å². The lowest BCUT2D eigenvalue weighted by atomic mass is 9.88. The zero-order valence-corrected chi connectivity index (χ0v) is 9.23. The number of methoxy groups -OCH3 is 1. The van der Waals surface area contributed by atoms with Crippen molar-refractivity contribution in [1.29, 1.82) is 0 Å². The van der Waals surface area contributed by atoms with Gasteiger partial charge in [-0.15, -0.1) is 0 Å². The van der Waals surface area contributed by atoms with Gasteiger partial charge in [-0.2, -0.15) is 0 Å². The standard InChI is InChI=1S/C11H12O5/c1-5(6(2)12)9-10(14)7(13)4-8(16-3)11(9)15/h4-5,14H,1-3H3/t5-/m0/s1. The highest BCUT2D eigenvalue weighted by atomic mass is 16.5. The SMILES string of the molecule is COC1=CC(=O)C(O)=C([C@@H](C)C(C)=O)C1=O. The molecule has 0 fully saturated rings. The molecule has 0 heterocycles. The van der Waals surface area contributed by atoms with Crippen LogP contribution in [0.4, 0.5) is 0 Å². The minimum absolute atomic E-state index is 0.161. The molecule has 0 bridgehead atoms. The highest BCUT2D eigenvalue weighted by molar-refractivity contribution is 6.22. The summed E-state index contributed by atoms with van der Waals surface area (Å²) in [5, 5.41) is 9.50. The zero-order valence-electron chi connectivity index (χ0n) is 9.23. The number of carbonyl (C=O) groups is 3. The molecule has 0 aromatic heterocycles. The summed E-state index contributed by atoms with van der Waals surface area (Å²) >= 11 is 0. The quantitative estimate of drug-likeness (QED) is 0.714. The van der Waals surface area contributed by atoms with Crippen LogP contribution in [0.3, 0.4) is 0 Å². The zero-order chi connectivity index (χ0) is 12.5. The second-order valence-electron chi connectivity index (χ2n) is 3.50. The van der Waals surface area contributed by atoms with Crippen LogP contribution in [0.5, 0.6) is 0 Å². The lowest BCUT2D eigenvalue weighted by molar-refractivity contribution is -0.123. The maximum Gasteiger partial charge on any atom is 0.228 e. The Morgan fingerprint density at radius 2 is 2.00 bits per heavy atom. The van der Waals surface area contributed by atoms with Crippen molar-refractivity contribution in [2.75, 3.05) is 7.11 Å². The Morgan fingerprint density at radius 3 is 2.44 bits per heavy atom. The lowest BCUT2D eigenvalue weighted by Gasteiger charge is -2.18. The van der Waals surface area contributed by atoms with E-state index in [1.807, 2.05) is 0 Å². The Morgan fingerprint density at radius 1 is 1.44 bits per heavy atom. The first-order valence-corrected chi connectivity index (χ1v) is 4.68. The third-order valence-electron chi connectivity index (χ3n) is 2.48. The van der Waals surface area contributed by atoms with Crippen LogP contribution < -0.4 is 0 Å². The summed E-state index contributed by atoms with van der Waals surface area (Å²) in [6.07, 6.45) is 0.911. The number of aliphatic hydroxyl groups excluding tert-OH is 1. The minimum atomic E-state index is -0.824. The molecule has 1 rings (SSSR count). The highest BCUT2D eigenvalue weighted by Gasteiger charge is 2.34. The van der Waals surface area contributed by atoms with Gasteiger partial charge in [0.1, 0.15) is 5.78 Å². The molecule has 0 radical (unpaired) electrons. The molecule has 16 heavy (non-hydrogen) atoms. The summed E-state index contributed by atoms with van der Waals surface area (Å²) in [5.41, 5.74) is -0.197. The van der Waals surface area contributed by atoms with Gasteiger partial charge in [-0.25, -0.2) is 0 Å². The largest absolute Gasteiger partial charge is 0.504 e. The van der Waals surface area contributed by atoms with E-state index < -0.39 is 23.2 Å². The van der Waals surface area contributed by atoms with E-state index in [2.05, 4.69) is 0 Å². The topological polar surface area (TPSA) is 80.7 Å². The lowest BCUT2D eigenvalue weighted by Crippen LogP contribution is -2.27. The molecule has 5 nitrogen and oxygen atoms in total. The van der Waals surface area contributed by atoms with E-state index in [-0.39, 0.29) is 17.1 Å². The van der Waals surface area contributed by atoms with Gasteiger partial charge in [0.05, 0.1) is 12.7 Å². The number of Topliss-reactive ketones (excluding diaryl/α,β-unsaturated/α-hetero) is 2. The molecule has 86 valence electrons. The summed E-state index contributed by atoms with van der Waals surface area (Å²) in [4.78, 5) is 34.2. The predicted molar refractivity (Wildman–Crippen MR) is 54.6 cm³/mol. The van der Waals surface area contributed by atoms with E-state index in [1.165, 1.54) is 21.0 Å². The maximum absolute atomic E-state index is 11.7. The number of hydrogen-bond donors (Lipinski definition) is 1. The van der Waals surface area contributed by atoms with E-state index in [4.69, 9.17) is 4.74 Å². The fraction of sp³-hybridized carbons (Fsp3) is 0.364. The minimum Gasteiger partial charge on any atom is -0.504 e. The fourth-order valence-electron chi connectivity index (χ4n) is 1.38. The third-order valence-corrected chi connectivity index (χ3v) is 2.48. The van der Waals surface area contributed by atoms with Gasteiger partial charge in [-0.3, -0.25) is 14.4 Å². The smallest absolute Gasteiger partial charge is 0.228 e. The molecule has 0 amide bonds. The molecule has 0 aromatic carbocycles. The van der Waals surface area contributed by atoms with E-state index >= 15 is 0 Å². The van der Waals surface area contributed by atoms with Gasteiger partial charge in [0.25, 0.3) is 0 Å². The van der Waals surface area contributed by atoms with Gasteiger partial charge in [-0.1, -0.05) is 6.92 Å². The number of hydrogen-bond acceptors (Lipinski definition) is 5. The molecular weight excluding hydrogens is 212 g/mol. The Kier molecular flexibility index (Phi) is 3.27. The van der Waals surface area contributed by atoms with Crippen molar-refractivity contribution in [2.45, 2.75) is 13.8 Å². The van der Waals surface area contributed by atoms with E-state index in [0.717, 1.165) is 6.08 Å². The molecule has 0 aromatic rings. The first kappa shape index (κ1) is 12.2. The van der Waals surface area contributed by atoms with Crippen molar-refractivity contribution in [3.05, 3.63) is 23.2 Å². The highest BCUT2D eigenvalue weighted by Crippen LogP contribution is 2.25. The van der Waals surface area contributed by atoms with Crippen LogP contribution in [0, 0.1) is 5.92 Å². The second-order valence-corrected chi connectivity index (χ2v) is 3.50. The van der Waals surface area contributed by atoms with Crippen molar-refractivity contribution in [1.82, 2.24) is 0 Å². The van der Waals surface area contributed by atoms with Gasteiger partial charge in [0.15, 0.2) is 11.5 Å². The van der Waals surface area contributed by atoms with Crippen LogP contribution in [0.25, 0.3) is 0 Å². The van der Waals surface area contributed by atoms with Crippen LogP contribution in [0.15, 0.2) is 23.2 Å². The number of ketones is 3. The summed E-state index contributed by atoms with van der Waals surface area (Å²) in [6, 6.07) is 0. The summed E-state index contributed by atoms with van der Waals surface area (Å²) in [7, 11) is 1.25. The maximum atomic E-state index is 11.7. The molecule has 0 saturated heterocycles. The molecule has 0 spiro atoms. The first-order chi connectivity index (χ1) is 7.40. The molecule has 1 aliphatic carbocycles. The fourth-order valence-corrected chi connectivity index (χ4v) is 1.38. The van der Waals surface area contributed by atoms with Gasteiger partial charge >= 0.3 is 0 Å². The van der Waals surface area contributed by atoms with Crippen molar-refractivity contribution in [3.63, 3.8) is 0 Å². The molecule has 1 N–H and O–H groups in total. The molecule has 1 aliphatic rings. The number of aliphatic hydroxyl groups is 1. The first-order valence-electron chi connectivity index (χ1n) is 4.68.